The summed E-state index contributed by atoms with van der Waals surface area (Å²) in [5.41, 5.74) is 5.01. The monoisotopic (exact) mass is 680 g/mol. The molecule has 0 aliphatic heterocycles. The predicted molar refractivity (Wildman–Crippen MR) is 194 cm³/mol. The van der Waals surface area contributed by atoms with Crippen molar-refractivity contribution in [3.05, 3.63) is 82.9 Å². The molecule has 0 saturated carbocycles. The lowest BCUT2D eigenvalue weighted by Gasteiger charge is -2.31. The van der Waals surface area contributed by atoms with Crippen molar-refractivity contribution in [1.29, 1.82) is 0 Å². The van der Waals surface area contributed by atoms with Crippen LogP contribution in [0.2, 0.25) is 57.9 Å². The maximum Gasteiger partial charge on any atom is 0.201 e. The molecule has 0 radical (unpaired) electrons. The van der Waals surface area contributed by atoms with Gasteiger partial charge in [0.05, 0.1) is 11.4 Å². The Labute approximate surface area is 277 Å². The highest BCUT2D eigenvalue weighted by Crippen LogP contribution is 2.35. The van der Waals surface area contributed by atoms with E-state index in [4.69, 9.17) is 8.54 Å². The van der Waals surface area contributed by atoms with Crippen LogP contribution < -0.4 is 0 Å². The molecule has 0 spiro atoms. The molecule has 8 nitrogen and oxygen atoms in total. The second-order valence-electron chi connectivity index (χ2n) is 14.5. The van der Waals surface area contributed by atoms with Gasteiger partial charge in [0, 0.05) is 30.4 Å². The molecule has 46 heavy (non-hydrogen) atoms. The zero-order valence-corrected chi connectivity index (χ0v) is 31.7. The summed E-state index contributed by atoms with van der Waals surface area (Å²) < 4.78 is 15.0. The standard InChI is InChI=1S/C35H52N2O6Si3/c1-42-45(5,6)21-9-11-28-24-32(38)36(34(28)40)30-17-13-26(14-18-30)23-27-15-19-31(20-16-27)37-33(39)25-29(35(37)41)12-10-22-46(7,8)43-44(2,3)4/h13-20,24-25,38-41H,9-12,21-23H2,1-8H3. The summed E-state index contributed by atoms with van der Waals surface area (Å²) in [5, 5.41) is 43.1. The lowest BCUT2D eigenvalue weighted by Crippen LogP contribution is -2.42. The van der Waals surface area contributed by atoms with Gasteiger partial charge in [-0.2, -0.15) is 0 Å². The highest BCUT2D eigenvalue weighted by Gasteiger charge is 2.29. The van der Waals surface area contributed by atoms with Crippen molar-refractivity contribution in [3.8, 4) is 34.9 Å². The van der Waals surface area contributed by atoms with Gasteiger partial charge >= 0.3 is 0 Å². The van der Waals surface area contributed by atoms with Crippen molar-refractivity contribution in [3.63, 3.8) is 0 Å². The first-order valence-electron chi connectivity index (χ1n) is 16.2. The number of nitrogens with zero attached hydrogens (tertiary/aromatic N) is 2. The molecule has 4 N–H and O–H groups in total. The molecule has 0 aliphatic rings. The van der Waals surface area contributed by atoms with Crippen LogP contribution in [-0.4, -0.2) is 61.6 Å². The first kappa shape index (κ1) is 35.6. The molecule has 0 fully saturated rings. The van der Waals surface area contributed by atoms with Gasteiger partial charge < -0.3 is 29.0 Å². The van der Waals surface area contributed by atoms with E-state index in [0.717, 1.165) is 47.2 Å². The van der Waals surface area contributed by atoms with E-state index in [2.05, 4.69) is 45.8 Å². The van der Waals surface area contributed by atoms with Gasteiger partial charge in [-0.15, -0.1) is 0 Å². The van der Waals surface area contributed by atoms with E-state index in [1.165, 1.54) is 9.13 Å². The van der Waals surface area contributed by atoms with Crippen LogP contribution in [0.4, 0.5) is 0 Å². The van der Waals surface area contributed by atoms with Crippen molar-refractivity contribution in [2.45, 2.75) is 90.0 Å². The van der Waals surface area contributed by atoms with Gasteiger partial charge in [-0.3, -0.25) is 9.13 Å². The molecule has 250 valence electrons. The third kappa shape index (κ3) is 9.19. The molecule has 0 aliphatic carbocycles. The first-order chi connectivity index (χ1) is 21.5. The van der Waals surface area contributed by atoms with E-state index < -0.39 is 25.0 Å². The van der Waals surface area contributed by atoms with Crippen LogP contribution in [0.5, 0.6) is 23.5 Å². The minimum atomic E-state index is -1.77. The first-order valence-corrected chi connectivity index (χ1v) is 25.8. The molecule has 4 aromatic rings. The molecule has 2 aromatic carbocycles. The number of aromatic nitrogens is 2. The smallest absolute Gasteiger partial charge is 0.201 e. The third-order valence-electron chi connectivity index (χ3n) is 8.45. The van der Waals surface area contributed by atoms with Gasteiger partial charge in [0.1, 0.15) is 0 Å². The Hall–Kier alpha value is -3.23. The summed E-state index contributed by atoms with van der Waals surface area (Å²) in [4.78, 5) is 0. The minimum Gasteiger partial charge on any atom is -0.494 e. The zero-order chi connectivity index (χ0) is 33.9. The van der Waals surface area contributed by atoms with Crippen LogP contribution in [0.1, 0.15) is 35.1 Å². The van der Waals surface area contributed by atoms with Crippen LogP contribution in [0.3, 0.4) is 0 Å². The average molecular weight is 681 g/mol. The Bertz CT molecular complexity index is 1600. The van der Waals surface area contributed by atoms with Gasteiger partial charge in [0.25, 0.3) is 0 Å². The second-order valence-corrected chi connectivity index (χ2v) is 28.0. The normalized spacial score (nSPS) is 12.6. The number of hydrogen-bond acceptors (Lipinski definition) is 6. The fourth-order valence-corrected chi connectivity index (χ4v) is 15.4. The van der Waals surface area contributed by atoms with E-state index >= 15 is 0 Å². The molecule has 0 atom stereocenters. The molecular formula is C35H52N2O6Si3. The van der Waals surface area contributed by atoms with Crippen molar-refractivity contribution >= 4 is 25.0 Å². The number of rotatable bonds is 15. The van der Waals surface area contributed by atoms with E-state index in [1.807, 2.05) is 48.5 Å². The topological polar surface area (TPSA) is 109 Å². The Balaban J connectivity index is 1.38. The maximum atomic E-state index is 11.0. The molecule has 0 unspecified atom stereocenters. The molecule has 0 saturated heterocycles. The van der Waals surface area contributed by atoms with Crippen LogP contribution in [0.25, 0.3) is 11.4 Å². The highest BCUT2D eigenvalue weighted by molar-refractivity contribution is 6.84. The summed E-state index contributed by atoms with van der Waals surface area (Å²) in [6.07, 6.45) is 3.83. The van der Waals surface area contributed by atoms with Gasteiger partial charge in [-0.1, -0.05) is 24.3 Å². The molecule has 0 amide bonds. The van der Waals surface area contributed by atoms with Crippen LogP contribution in [-0.2, 0) is 27.8 Å². The van der Waals surface area contributed by atoms with Gasteiger partial charge in [-0.25, -0.2) is 0 Å². The Kier molecular flexibility index (Phi) is 11.0. The molecule has 4 rings (SSSR count). The Morgan fingerprint density at radius 1 is 0.587 bits per heavy atom. The summed E-state index contributed by atoms with van der Waals surface area (Å²) in [6, 6.07) is 20.8. The fraction of sp³-hybridized carbons (Fsp3) is 0.429. The number of aromatic hydroxyl groups is 4. The Morgan fingerprint density at radius 2 is 0.978 bits per heavy atom. The van der Waals surface area contributed by atoms with Gasteiger partial charge in [-0.05, 0) is 125 Å². The maximum absolute atomic E-state index is 11.0. The molecule has 0 bridgehead atoms. The summed E-state index contributed by atoms with van der Waals surface area (Å²) in [6.45, 7) is 15.5. The third-order valence-corrected chi connectivity index (χ3v) is 17.3. The van der Waals surface area contributed by atoms with Crippen LogP contribution >= 0.6 is 0 Å². The second kappa shape index (κ2) is 14.3. The lowest BCUT2D eigenvalue weighted by atomic mass is 10.0. The van der Waals surface area contributed by atoms with Crippen LogP contribution in [0, 0.1) is 0 Å². The fourth-order valence-electron chi connectivity index (χ4n) is 6.10. The summed E-state index contributed by atoms with van der Waals surface area (Å²) >= 11 is 0. The molecule has 11 heteroatoms. The van der Waals surface area contributed by atoms with Crippen molar-refractivity contribution in [1.82, 2.24) is 9.13 Å². The van der Waals surface area contributed by atoms with E-state index in [0.29, 0.717) is 30.6 Å². The number of aryl methyl sites for hydroxylation is 2. The van der Waals surface area contributed by atoms with Crippen LogP contribution in [0.15, 0.2) is 60.7 Å². The van der Waals surface area contributed by atoms with E-state index in [1.54, 1.807) is 19.2 Å². The number of benzene rings is 2. The van der Waals surface area contributed by atoms with E-state index in [-0.39, 0.29) is 23.5 Å². The zero-order valence-electron chi connectivity index (χ0n) is 28.7. The molecule has 2 heterocycles. The summed E-state index contributed by atoms with van der Waals surface area (Å²) in [5.74, 6) is 0.178. The molecular weight excluding hydrogens is 629 g/mol. The van der Waals surface area contributed by atoms with Gasteiger partial charge in [0.15, 0.2) is 36.7 Å². The lowest BCUT2D eigenvalue weighted by molar-refractivity contribution is 0.397. The largest absolute Gasteiger partial charge is 0.494 e. The average Bonchev–Trinajstić information content (AvgIpc) is 3.40. The van der Waals surface area contributed by atoms with Crippen molar-refractivity contribution in [2.24, 2.45) is 0 Å². The van der Waals surface area contributed by atoms with Crippen molar-refractivity contribution < 1.29 is 29.0 Å². The van der Waals surface area contributed by atoms with E-state index in [9.17, 15) is 20.4 Å². The van der Waals surface area contributed by atoms with Crippen molar-refractivity contribution in [2.75, 3.05) is 7.11 Å². The SMILES string of the molecule is CO[Si](C)(C)CCCc1cc(O)n(-c2ccc(Cc3ccc(-n4c(O)cc(CCC[Si](C)(C)O[Si](C)(C)C)c4O)cc3)cc2)c1O. The highest BCUT2D eigenvalue weighted by atomic mass is 28.4. The minimum absolute atomic E-state index is 0.0144. The number of hydrogen-bond donors (Lipinski definition) is 4. The molecule has 2 aromatic heterocycles. The quantitative estimate of drug-likeness (QED) is 0.0939. The van der Waals surface area contributed by atoms with Gasteiger partial charge in [0.2, 0.25) is 11.8 Å². The summed E-state index contributed by atoms with van der Waals surface area (Å²) in [7, 11) is -3.28. The predicted octanol–water partition coefficient (Wildman–Crippen LogP) is 8.45. The Morgan fingerprint density at radius 3 is 1.35 bits per heavy atom.